The Bertz CT molecular complexity index is 44.7. The number of aliphatic hydroxyl groups is 1. The van der Waals surface area contributed by atoms with E-state index in [4.69, 9.17) is 5.11 Å². The van der Waals surface area contributed by atoms with Crippen molar-refractivity contribution in [3.05, 3.63) is 0 Å². The van der Waals surface area contributed by atoms with E-state index < -0.39 is 5.60 Å². The third kappa shape index (κ3) is 11.0. The van der Waals surface area contributed by atoms with Crippen molar-refractivity contribution in [2.75, 3.05) is 0 Å². The fraction of sp³-hybridized carbons (Fsp3) is 1.00. The van der Waals surface area contributed by atoms with Crippen molar-refractivity contribution in [1.29, 1.82) is 0 Å². The molecule has 0 rings (SSSR count). The smallest absolute Gasteiger partial charge is 1.00 e. The maximum atomic E-state index is 8.83. The Labute approximate surface area is 78.1 Å². The molecule has 0 bridgehead atoms. The van der Waals surface area contributed by atoms with Crippen LogP contribution in [0.1, 0.15) is 30.0 Å². The molecule has 0 aromatic heterocycles. The van der Waals surface area contributed by atoms with Crippen molar-refractivity contribution in [1.82, 2.24) is 0 Å². The van der Waals surface area contributed by atoms with E-state index in [1.54, 1.807) is 13.8 Å². The van der Waals surface area contributed by atoms with Crippen molar-refractivity contribution in [3.8, 4) is 0 Å². The molecule has 0 fully saturated rings. The summed E-state index contributed by atoms with van der Waals surface area (Å²) in [6, 6.07) is 0. The minimum atomic E-state index is -0.458. The molecule has 2 heteroatoms. The van der Waals surface area contributed by atoms with Crippen LogP contribution in [-0.4, -0.2) is 48.4 Å². The van der Waals surface area contributed by atoms with Gasteiger partial charge < -0.3 is 7.96 Å². The number of hydrogen-bond acceptors (Lipinski definition) is 1. The molecule has 0 aliphatic carbocycles. The number of hydrogen-bond donors (Lipinski definition) is 1. The summed E-state index contributed by atoms with van der Waals surface area (Å²) in [5.41, 5.74) is -0.458. The third-order valence-electron chi connectivity index (χ3n) is 0.865. The molecule has 0 heterocycles. The maximum Gasteiger partial charge on any atom is 2.00 e. The molecule has 1 N–H and O–H groups in total. The van der Waals surface area contributed by atoms with E-state index >= 15 is 0 Å². The minimum Gasteiger partial charge on any atom is -1.00 e. The van der Waals surface area contributed by atoms with Gasteiger partial charge in [-0.2, -0.15) is 0 Å². The van der Waals surface area contributed by atoms with Crippen LogP contribution < -0.4 is 0 Å². The van der Waals surface area contributed by atoms with Crippen LogP contribution in [0.3, 0.4) is 0 Å². The Balaban J connectivity index is -0.0000000417. The zero-order chi connectivity index (χ0) is 5.21. The van der Waals surface area contributed by atoms with E-state index in [0.29, 0.717) is 0 Å². The van der Waals surface area contributed by atoms with Crippen LogP contribution in [0.25, 0.3) is 0 Å². The topological polar surface area (TPSA) is 20.2 Å². The third-order valence-corrected chi connectivity index (χ3v) is 0.865. The Kier molecular flexibility index (Phi) is 6.54. The van der Waals surface area contributed by atoms with E-state index in [1.807, 2.05) is 6.92 Å². The van der Waals surface area contributed by atoms with Gasteiger partial charge in [0.2, 0.25) is 0 Å². The zero-order valence-electron chi connectivity index (χ0n) is 7.36. The predicted octanol–water partition coefficient (Wildman–Crippen LogP) is 1.01. The molecule has 0 radical (unpaired) electrons. The summed E-state index contributed by atoms with van der Waals surface area (Å²) in [6.07, 6.45) is 0.826. The van der Waals surface area contributed by atoms with E-state index in [1.165, 1.54) is 0 Å². The first-order chi connectivity index (χ1) is 2.56. The molecule has 1 nitrogen and oxygen atoms in total. The Hall–Kier alpha value is 1.22. The van der Waals surface area contributed by atoms with Crippen LogP contribution in [0.15, 0.2) is 0 Å². The van der Waals surface area contributed by atoms with Gasteiger partial charge in [0.05, 0.1) is 5.60 Å². The largest absolute Gasteiger partial charge is 2.00 e. The van der Waals surface area contributed by atoms with Gasteiger partial charge in [-0.3, -0.25) is 0 Å². The van der Waals surface area contributed by atoms with Crippen LogP contribution in [0.5, 0.6) is 0 Å². The second-order valence-corrected chi connectivity index (χ2v) is 2.17. The summed E-state index contributed by atoms with van der Waals surface area (Å²) >= 11 is 0. The fourth-order valence-corrected chi connectivity index (χ4v) is 0. The van der Waals surface area contributed by atoms with E-state index in [2.05, 4.69) is 0 Å². The van der Waals surface area contributed by atoms with Crippen LogP contribution in [0.2, 0.25) is 0 Å². The molecule has 0 saturated heterocycles. The Morgan fingerprint density at radius 3 is 1.71 bits per heavy atom. The van der Waals surface area contributed by atoms with Gasteiger partial charge in [0.1, 0.15) is 0 Å². The van der Waals surface area contributed by atoms with Crippen molar-refractivity contribution in [3.63, 3.8) is 0 Å². The van der Waals surface area contributed by atoms with Gasteiger partial charge >= 0.3 is 37.7 Å². The Morgan fingerprint density at radius 2 is 1.71 bits per heavy atom. The van der Waals surface area contributed by atoms with Crippen LogP contribution >= 0.6 is 0 Å². The van der Waals surface area contributed by atoms with Gasteiger partial charge in [-0.15, -0.1) is 0 Å². The molecule has 0 aromatic carbocycles. The first-order valence-corrected chi connectivity index (χ1v) is 2.28. The SMILES string of the molecule is CCC(C)(C)O.[Ca+2].[H-].[H-]. The molecule has 7 heavy (non-hydrogen) atoms. The predicted molar refractivity (Wildman–Crippen MR) is 34.6 cm³/mol. The van der Waals surface area contributed by atoms with Crippen molar-refractivity contribution < 1.29 is 7.96 Å². The first-order valence-electron chi connectivity index (χ1n) is 2.28. The van der Waals surface area contributed by atoms with Crippen molar-refractivity contribution in [2.24, 2.45) is 0 Å². The fourth-order valence-electron chi connectivity index (χ4n) is 0. The molecule has 0 unspecified atom stereocenters. The molecule has 0 aliphatic heterocycles. The zero-order valence-corrected chi connectivity index (χ0v) is 7.57. The molecule has 0 aromatic rings. The van der Waals surface area contributed by atoms with Crippen molar-refractivity contribution in [2.45, 2.75) is 32.8 Å². The quantitative estimate of drug-likeness (QED) is 0.525. The first kappa shape index (κ1) is 11.1. The summed E-state index contributed by atoms with van der Waals surface area (Å²) in [4.78, 5) is 0. The standard InChI is InChI=1S/C5H12O.Ca.2H/c1-4-5(2,3)6;;;/h6H,4H2,1-3H3;;;/q;+2;2*-1. The Morgan fingerprint density at radius 1 is 1.57 bits per heavy atom. The second kappa shape index (κ2) is 4.13. The summed E-state index contributed by atoms with van der Waals surface area (Å²) in [6.45, 7) is 5.56. The average molecular weight is 130 g/mol. The minimum absolute atomic E-state index is 0. The van der Waals surface area contributed by atoms with E-state index in [0.717, 1.165) is 6.42 Å². The van der Waals surface area contributed by atoms with Gasteiger partial charge in [0.15, 0.2) is 0 Å². The van der Waals surface area contributed by atoms with Crippen LogP contribution in [0, 0.1) is 0 Å². The summed E-state index contributed by atoms with van der Waals surface area (Å²) in [7, 11) is 0. The molecule has 0 atom stereocenters. The van der Waals surface area contributed by atoms with E-state index in [9.17, 15) is 0 Å². The molecular weight excluding hydrogens is 116 g/mol. The molecule has 0 spiro atoms. The van der Waals surface area contributed by atoms with Gasteiger partial charge in [0.25, 0.3) is 0 Å². The molecule has 0 saturated carbocycles. The number of rotatable bonds is 1. The van der Waals surface area contributed by atoms with E-state index in [-0.39, 0.29) is 40.6 Å². The molecule has 42 valence electrons. The monoisotopic (exact) mass is 130 g/mol. The van der Waals surface area contributed by atoms with Gasteiger partial charge in [-0.05, 0) is 20.3 Å². The van der Waals surface area contributed by atoms with Gasteiger partial charge in [0, 0.05) is 0 Å². The molecule has 0 amide bonds. The molecule has 0 aliphatic rings. The second-order valence-electron chi connectivity index (χ2n) is 2.17. The average Bonchev–Trinajstić information content (AvgIpc) is 1.35. The maximum absolute atomic E-state index is 8.83. The summed E-state index contributed by atoms with van der Waals surface area (Å²) in [5, 5.41) is 8.83. The van der Waals surface area contributed by atoms with Gasteiger partial charge in [-0.1, -0.05) is 6.92 Å². The molecular formula is C5H14CaO. The normalized spacial score (nSPS) is 10.3. The van der Waals surface area contributed by atoms with Crippen molar-refractivity contribution >= 4 is 37.7 Å². The van der Waals surface area contributed by atoms with Gasteiger partial charge in [-0.25, -0.2) is 0 Å². The van der Waals surface area contributed by atoms with Crippen LogP contribution in [-0.2, 0) is 0 Å². The van der Waals surface area contributed by atoms with Crippen LogP contribution in [0.4, 0.5) is 0 Å². The summed E-state index contributed by atoms with van der Waals surface area (Å²) < 4.78 is 0. The summed E-state index contributed by atoms with van der Waals surface area (Å²) in [5.74, 6) is 0.